The molecule has 0 unspecified atom stereocenters. The van der Waals surface area contributed by atoms with Gasteiger partial charge in [-0.15, -0.1) is 0 Å². The van der Waals surface area contributed by atoms with Gasteiger partial charge < -0.3 is 10.4 Å². The van der Waals surface area contributed by atoms with E-state index >= 15 is 0 Å². The van der Waals surface area contributed by atoms with E-state index in [1.165, 1.54) is 24.4 Å². The maximum Gasteiger partial charge on any atom is 0.337 e. The summed E-state index contributed by atoms with van der Waals surface area (Å²) in [5, 5.41) is 11.1. The summed E-state index contributed by atoms with van der Waals surface area (Å²) in [5.74, 6) is -2.73. The molecular weight excluding hydrogens is 287 g/mol. The van der Waals surface area contributed by atoms with Crippen molar-refractivity contribution in [2.75, 3.05) is 5.32 Å². The van der Waals surface area contributed by atoms with E-state index in [2.05, 4.69) is 10.3 Å². The molecule has 0 aliphatic heterocycles. The number of aromatic nitrogens is 1. The van der Waals surface area contributed by atoms with Gasteiger partial charge in [-0.05, 0) is 18.2 Å². The first kappa shape index (κ1) is 14.0. The molecule has 1 heterocycles. The Kier molecular flexibility index (Phi) is 3.95. The molecule has 0 radical (unpaired) electrons. The first-order chi connectivity index (χ1) is 9.49. The minimum Gasteiger partial charge on any atom is -0.478 e. The van der Waals surface area contributed by atoms with Crippen molar-refractivity contribution in [3.05, 3.63) is 58.6 Å². The number of nitrogens with one attached hydrogen (secondary N) is 1. The van der Waals surface area contributed by atoms with Crippen molar-refractivity contribution in [1.82, 2.24) is 4.98 Å². The fourth-order valence-electron chi connectivity index (χ4n) is 1.53. The van der Waals surface area contributed by atoms with Crippen LogP contribution in [0.25, 0.3) is 0 Å². The average molecular weight is 295 g/mol. The highest BCUT2D eigenvalue weighted by Crippen LogP contribution is 2.20. The minimum absolute atomic E-state index is 0.0372. The van der Waals surface area contributed by atoms with Gasteiger partial charge in [0.2, 0.25) is 0 Å². The summed E-state index contributed by atoms with van der Waals surface area (Å²) in [6.07, 6.45) is 2.38. The Hall–Kier alpha value is -2.47. The number of aromatic carboxylic acids is 1. The van der Waals surface area contributed by atoms with E-state index in [0.717, 1.165) is 12.3 Å². The highest BCUT2D eigenvalue weighted by Gasteiger charge is 2.16. The average Bonchev–Trinajstić information content (AvgIpc) is 2.38. The van der Waals surface area contributed by atoms with Crippen LogP contribution in [0.4, 0.5) is 10.1 Å². The smallest absolute Gasteiger partial charge is 0.337 e. The lowest BCUT2D eigenvalue weighted by Crippen LogP contribution is -2.15. The number of benzene rings is 1. The van der Waals surface area contributed by atoms with Crippen LogP contribution in [-0.2, 0) is 0 Å². The topological polar surface area (TPSA) is 79.3 Å². The quantitative estimate of drug-likeness (QED) is 0.912. The zero-order chi connectivity index (χ0) is 14.7. The van der Waals surface area contributed by atoms with Gasteiger partial charge >= 0.3 is 5.97 Å². The van der Waals surface area contributed by atoms with E-state index in [0.29, 0.717) is 0 Å². The van der Waals surface area contributed by atoms with Crippen LogP contribution >= 0.6 is 11.6 Å². The maximum absolute atomic E-state index is 13.6. The highest BCUT2D eigenvalue weighted by molar-refractivity contribution is 6.34. The zero-order valence-corrected chi connectivity index (χ0v) is 10.7. The molecule has 0 aliphatic rings. The molecule has 0 bridgehead atoms. The van der Waals surface area contributed by atoms with Crippen molar-refractivity contribution >= 4 is 29.2 Å². The number of carboxylic acids is 1. The fourth-order valence-corrected chi connectivity index (χ4v) is 1.78. The first-order valence-electron chi connectivity index (χ1n) is 5.42. The van der Waals surface area contributed by atoms with Crippen molar-refractivity contribution in [3.63, 3.8) is 0 Å². The van der Waals surface area contributed by atoms with E-state index in [1.807, 2.05) is 0 Å². The van der Waals surface area contributed by atoms with Gasteiger partial charge in [0.15, 0.2) is 0 Å². The number of hydrogen-bond donors (Lipinski definition) is 2. The number of carbonyl (C=O) groups excluding carboxylic acids is 1. The number of carboxylic acid groups (broad SMARTS) is 1. The van der Waals surface area contributed by atoms with Crippen LogP contribution in [0.3, 0.4) is 0 Å². The zero-order valence-electron chi connectivity index (χ0n) is 9.93. The molecule has 0 saturated heterocycles. The largest absolute Gasteiger partial charge is 0.478 e. The van der Waals surface area contributed by atoms with Gasteiger partial charge in [-0.1, -0.05) is 17.7 Å². The molecule has 1 aromatic heterocycles. The molecule has 0 fully saturated rings. The Morgan fingerprint density at radius 1 is 1.30 bits per heavy atom. The molecule has 0 atom stereocenters. The van der Waals surface area contributed by atoms with Crippen LogP contribution < -0.4 is 5.32 Å². The summed E-state index contributed by atoms with van der Waals surface area (Å²) in [5.41, 5.74) is -0.272. The Labute approximate surface area is 118 Å². The van der Waals surface area contributed by atoms with Crippen LogP contribution in [-0.4, -0.2) is 22.0 Å². The van der Waals surface area contributed by atoms with Crippen LogP contribution in [0.15, 0.2) is 36.7 Å². The van der Waals surface area contributed by atoms with E-state index in [4.69, 9.17) is 16.7 Å². The number of carbonyl (C=O) groups is 2. The molecule has 5 nitrogen and oxygen atoms in total. The monoisotopic (exact) mass is 294 g/mol. The lowest BCUT2D eigenvalue weighted by Gasteiger charge is -2.07. The van der Waals surface area contributed by atoms with Crippen molar-refractivity contribution < 1.29 is 19.1 Å². The molecule has 0 aliphatic carbocycles. The minimum atomic E-state index is -1.18. The molecule has 7 heteroatoms. The van der Waals surface area contributed by atoms with Crippen LogP contribution in [0, 0.1) is 5.82 Å². The molecule has 1 amide bonds. The third kappa shape index (κ3) is 2.92. The second kappa shape index (κ2) is 5.66. The van der Waals surface area contributed by atoms with E-state index in [9.17, 15) is 14.0 Å². The summed E-state index contributed by atoms with van der Waals surface area (Å²) >= 11 is 5.76. The predicted molar refractivity (Wildman–Crippen MR) is 70.6 cm³/mol. The van der Waals surface area contributed by atoms with Crippen molar-refractivity contribution in [2.24, 2.45) is 0 Å². The normalized spacial score (nSPS) is 10.1. The first-order valence-corrected chi connectivity index (χ1v) is 5.80. The Morgan fingerprint density at radius 3 is 2.70 bits per heavy atom. The van der Waals surface area contributed by atoms with E-state index in [-0.39, 0.29) is 21.8 Å². The van der Waals surface area contributed by atoms with Crippen molar-refractivity contribution in [2.45, 2.75) is 0 Å². The molecule has 102 valence electrons. The van der Waals surface area contributed by atoms with E-state index < -0.39 is 17.7 Å². The Balaban J connectivity index is 2.28. The van der Waals surface area contributed by atoms with Gasteiger partial charge in [-0.3, -0.25) is 9.78 Å². The third-order valence-corrected chi connectivity index (χ3v) is 2.75. The third-order valence-electron chi connectivity index (χ3n) is 2.43. The van der Waals surface area contributed by atoms with E-state index in [1.54, 1.807) is 0 Å². The van der Waals surface area contributed by atoms with Crippen molar-refractivity contribution in [1.29, 1.82) is 0 Å². The number of hydrogen-bond acceptors (Lipinski definition) is 3. The molecule has 0 spiro atoms. The summed E-state index contributed by atoms with van der Waals surface area (Å²) < 4.78 is 13.6. The summed E-state index contributed by atoms with van der Waals surface area (Å²) in [4.78, 5) is 26.4. The summed E-state index contributed by atoms with van der Waals surface area (Å²) in [7, 11) is 0. The van der Waals surface area contributed by atoms with Gasteiger partial charge in [0.1, 0.15) is 5.82 Å². The van der Waals surface area contributed by atoms with Gasteiger partial charge in [0.25, 0.3) is 5.91 Å². The Bertz CT molecular complexity index is 671. The van der Waals surface area contributed by atoms with Gasteiger partial charge in [-0.25, -0.2) is 9.18 Å². The molecule has 2 N–H and O–H groups in total. The fraction of sp³-hybridized carbons (Fsp3) is 0. The number of anilines is 1. The molecule has 2 rings (SSSR count). The van der Waals surface area contributed by atoms with Crippen LogP contribution in [0.2, 0.25) is 5.02 Å². The predicted octanol–water partition coefficient (Wildman–Crippen LogP) is 2.82. The second-order valence-electron chi connectivity index (χ2n) is 3.82. The molecule has 1 aromatic carbocycles. The lowest BCUT2D eigenvalue weighted by molar-refractivity contribution is 0.0696. The van der Waals surface area contributed by atoms with Gasteiger partial charge in [0.05, 0.1) is 28.0 Å². The Morgan fingerprint density at radius 2 is 2.05 bits per heavy atom. The summed E-state index contributed by atoms with van der Waals surface area (Å²) in [6, 6.07) is 5.07. The van der Waals surface area contributed by atoms with Gasteiger partial charge in [0, 0.05) is 6.20 Å². The molecular formula is C13H8ClFN2O3. The van der Waals surface area contributed by atoms with Gasteiger partial charge in [-0.2, -0.15) is 0 Å². The molecule has 2 aromatic rings. The maximum atomic E-state index is 13.6. The molecule has 20 heavy (non-hydrogen) atoms. The molecule has 0 saturated carbocycles. The van der Waals surface area contributed by atoms with Crippen LogP contribution in [0.5, 0.6) is 0 Å². The second-order valence-corrected chi connectivity index (χ2v) is 4.23. The number of halogens is 2. The highest BCUT2D eigenvalue weighted by atomic mass is 35.5. The standard InChI is InChI=1S/C13H8ClFN2O3/c14-9-2-1-3-10(15)11(9)12(18)17-8-4-7(13(19)20)5-16-6-8/h1-6H,(H,17,18)(H,19,20). The summed E-state index contributed by atoms with van der Waals surface area (Å²) in [6.45, 7) is 0. The lowest BCUT2D eigenvalue weighted by atomic mass is 10.2. The number of pyridine rings is 1. The van der Waals surface area contributed by atoms with Crippen molar-refractivity contribution in [3.8, 4) is 0 Å². The number of nitrogens with zero attached hydrogens (tertiary/aromatic N) is 1. The SMILES string of the molecule is O=C(O)c1cncc(NC(=O)c2c(F)cccc2Cl)c1. The number of rotatable bonds is 3. The number of amides is 1. The van der Waals surface area contributed by atoms with Crippen LogP contribution in [0.1, 0.15) is 20.7 Å².